The number of oxazole rings is 1. The van der Waals surface area contributed by atoms with Crippen molar-refractivity contribution in [2.75, 3.05) is 0 Å². The lowest BCUT2D eigenvalue weighted by atomic mass is 9.88. The number of fused-ring (bicyclic) bond motifs is 1. The van der Waals surface area contributed by atoms with Crippen LogP contribution in [0.25, 0.3) is 11.1 Å². The summed E-state index contributed by atoms with van der Waals surface area (Å²) in [6, 6.07) is 16.1. The van der Waals surface area contributed by atoms with E-state index in [1.807, 2.05) is 36.4 Å². The van der Waals surface area contributed by atoms with E-state index in [9.17, 15) is 4.79 Å². The fraction of sp³-hybridized carbons (Fsp3) is 0.235. The van der Waals surface area contributed by atoms with E-state index in [0.717, 1.165) is 18.4 Å². The van der Waals surface area contributed by atoms with Crippen LogP contribution in [0.1, 0.15) is 29.3 Å². The van der Waals surface area contributed by atoms with Gasteiger partial charge in [-0.3, -0.25) is 4.98 Å². The molecule has 3 aromatic rings. The molecule has 4 rings (SSSR count). The van der Waals surface area contributed by atoms with Crippen LogP contribution < -0.4 is 5.76 Å². The smallest absolute Gasteiger partial charge is 0.408 e. The number of rotatable bonds is 3. The summed E-state index contributed by atoms with van der Waals surface area (Å²) < 4.78 is 5.13. The van der Waals surface area contributed by atoms with Crippen LogP contribution in [-0.2, 0) is 5.41 Å². The van der Waals surface area contributed by atoms with Gasteiger partial charge < -0.3 is 4.42 Å². The second-order valence-electron chi connectivity index (χ2n) is 5.65. The summed E-state index contributed by atoms with van der Waals surface area (Å²) in [5, 5.41) is -0.121. The second-order valence-corrected chi connectivity index (χ2v) is 6.09. The quantitative estimate of drug-likeness (QED) is 0.739. The standard InChI is InChI=1S/C17H14ClNO2/c18-15(17(8-9-17)12-4-2-1-3-5-12)11-6-7-13-14(10-11)21-16(20)19-13/h1-7,10,15H,8-9H2,(H,19,20). The topological polar surface area (TPSA) is 46.0 Å². The highest BCUT2D eigenvalue weighted by Crippen LogP contribution is 2.59. The molecule has 1 aliphatic rings. The largest absolute Gasteiger partial charge is 0.417 e. The average molecular weight is 300 g/mol. The average Bonchev–Trinajstić information content (AvgIpc) is 3.23. The Labute approximate surface area is 126 Å². The van der Waals surface area contributed by atoms with Gasteiger partial charge in [0.25, 0.3) is 0 Å². The third kappa shape index (κ3) is 2.00. The van der Waals surface area contributed by atoms with E-state index in [4.69, 9.17) is 16.0 Å². The molecule has 21 heavy (non-hydrogen) atoms. The van der Waals surface area contributed by atoms with E-state index < -0.39 is 5.76 Å². The zero-order chi connectivity index (χ0) is 14.4. The van der Waals surface area contributed by atoms with E-state index in [0.29, 0.717) is 11.1 Å². The lowest BCUT2D eigenvalue weighted by molar-refractivity contribution is 0.554. The van der Waals surface area contributed by atoms with E-state index >= 15 is 0 Å². The molecule has 1 saturated carbocycles. The molecule has 0 amide bonds. The monoisotopic (exact) mass is 299 g/mol. The van der Waals surface area contributed by atoms with Gasteiger partial charge in [-0.1, -0.05) is 36.4 Å². The number of H-pyrrole nitrogens is 1. The molecule has 1 unspecified atom stereocenters. The van der Waals surface area contributed by atoms with Gasteiger partial charge in [0.15, 0.2) is 5.58 Å². The van der Waals surface area contributed by atoms with Crippen LogP contribution in [0, 0.1) is 0 Å². The fourth-order valence-electron chi connectivity index (χ4n) is 3.03. The number of benzene rings is 2. The highest BCUT2D eigenvalue weighted by Gasteiger charge is 2.50. The number of hydrogen-bond donors (Lipinski definition) is 1. The number of aromatic amines is 1. The molecule has 1 N–H and O–H groups in total. The van der Waals surface area contributed by atoms with E-state index in [1.54, 1.807) is 0 Å². The first-order valence-electron chi connectivity index (χ1n) is 7.01. The highest BCUT2D eigenvalue weighted by molar-refractivity contribution is 6.22. The van der Waals surface area contributed by atoms with Crippen molar-refractivity contribution in [2.24, 2.45) is 0 Å². The number of nitrogens with one attached hydrogen (secondary N) is 1. The van der Waals surface area contributed by atoms with Gasteiger partial charge in [-0.25, -0.2) is 4.79 Å². The van der Waals surface area contributed by atoms with Gasteiger partial charge >= 0.3 is 5.76 Å². The summed E-state index contributed by atoms with van der Waals surface area (Å²) in [6.07, 6.45) is 2.17. The Morgan fingerprint density at radius 2 is 1.90 bits per heavy atom. The Balaban J connectivity index is 1.76. The number of halogens is 1. The molecular weight excluding hydrogens is 286 g/mol. The maximum atomic E-state index is 11.2. The molecule has 1 aliphatic carbocycles. The molecule has 0 bridgehead atoms. The minimum Gasteiger partial charge on any atom is -0.408 e. The molecule has 1 heterocycles. The summed E-state index contributed by atoms with van der Waals surface area (Å²) >= 11 is 6.77. The first-order valence-corrected chi connectivity index (χ1v) is 7.45. The van der Waals surface area contributed by atoms with Gasteiger partial charge in [-0.05, 0) is 36.1 Å². The summed E-state index contributed by atoms with van der Waals surface area (Å²) in [5.74, 6) is -0.433. The van der Waals surface area contributed by atoms with Crippen LogP contribution in [0.15, 0.2) is 57.7 Å². The number of hydrogen-bond acceptors (Lipinski definition) is 2. The molecule has 4 heteroatoms. The molecule has 1 aromatic heterocycles. The number of alkyl halides is 1. The van der Waals surface area contributed by atoms with Gasteiger partial charge in [0.05, 0.1) is 10.9 Å². The van der Waals surface area contributed by atoms with Gasteiger partial charge in [-0.15, -0.1) is 11.6 Å². The Morgan fingerprint density at radius 3 is 2.62 bits per heavy atom. The van der Waals surface area contributed by atoms with E-state index in [1.165, 1.54) is 5.56 Å². The van der Waals surface area contributed by atoms with Crippen LogP contribution in [-0.4, -0.2) is 4.98 Å². The molecule has 106 valence electrons. The van der Waals surface area contributed by atoms with Crippen molar-refractivity contribution in [3.05, 3.63) is 70.2 Å². The predicted octanol–water partition coefficient (Wildman–Crippen LogP) is 4.13. The lowest BCUT2D eigenvalue weighted by Crippen LogP contribution is -2.13. The van der Waals surface area contributed by atoms with Crippen LogP contribution in [0.5, 0.6) is 0 Å². The van der Waals surface area contributed by atoms with Gasteiger partial charge in [0.1, 0.15) is 0 Å². The molecule has 1 atom stereocenters. The summed E-state index contributed by atoms with van der Waals surface area (Å²) in [7, 11) is 0. The molecule has 1 fully saturated rings. The minimum atomic E-state index is -0.433. The Hall–Kier alpha value is -2.00. The first-order chi connectivity index (χ1) is 10.2. The molecule has 0 spiro atoms. The first kappa shape index (κ1) is 12.7. The van der Waals surface area contributed by atoms with Crippen molar-refractivity contribution in [3.8, 4) is 0 Å². The third-order valence-corrected chi connectivity index (χ3v) is 5.03. The van der Waals surface area contributed by atoms with Gasteiger partial charge in [-0.2, -0.15) is 0 Å². The Morgan fingerprint density at radius 1 is 1.14 bits per heavy atom. The summed E-state index contributed by atoms with van der Waals surface area (Å²) in [4.78, 5) is 13.9. The van der Waals surface area contributed by atoms with Crippen LogP contribution in [0.4, 0.5) is 0 Å². The van der Waals surface area contributed by atoms with Crippen LogP contribution in [0.2, 0.25) is 0 Å². The highest BCUT2D eigenvalue weighted by atomic mass is 35.5. The zero-order valence-electron chi connectivity index (χ0n) is 11.3. The van der Waals surface area contributed by atoms with E-state index in [2.05, 4.69) is 17.1 Å². The molecule has 0 saturated heterocycles. The maximum absolute atomic E-state index is 11.2. The summed E-state index contributed by atoms with van der Waals surface area (Å²) in [5.41, 5.74) is 3.55. The van der Waals surface area contributed by atoms with Gasteiger partial charge in [0, 0.05) is 5.41 Å². The molecule has 0 aliphatic heterocycles. The number of aromatic nitrogens is 1. The summed E-state index contributed by atoms with van der Waals surface area (Å²) in [6.45, 7) is 0. The van der Waals surface area contributed by atoms with Crippen LogP contribution in [0.3, 0.4) is 0 Å². The Bertz CT molecular complexity index is 846. The van der Waals surface area contributed by atoms with Crippen molar-refractivity contribution in [1.82, 2.24) is 4.98 Å². The SMILES string of the molecule is O=c1[nH]c2ccc(C(Cl)C3(c4ccccc4)CC3)cc2o1. The van der Waals surface area contributed by atoms with Crippen molar-refractivity contribution in [3.63, 3.8) is 0 Å². The van der Waals surface area contributed by atoms with Crippen molar-refractivity contribution >= 4 is 22.7 Å². The maximum Gasteiger partial charge on any atom is 0.417 e. The van der Waals surface area contributed by atoms with Crippen molar-refractivity contribution in [2.45, 2.75) is 23.6 Å². The predicted molar refractivity (Wildman–Crippen MR) is 82.8 cm³/mol. The second kappa shape index (κ2) is 4.50. The van der Waals surface area contributed by atoms with Crippen molar-refractivity contribution in [1.29, 1.82) is 0 Å². The van der Waals surface area contributed by atoms with Crippen LogP contribution >= 0.6 is 11.6 Å². The van der Waals surface area contributed by atoms with E-state index in [-0.39, 0.29) is 10.8 Å². The normalized spacial score (nSPS) is 17.8. The fourth-order valence-corrected chi connectivity index (χ4v) is 3.51. The van der Waals surface area contributed by atoms with Crippen molar-refractivity contribution < 1.29 is 4.42 Å². The molecule has 2 aromatic carbocycles. The Kier molecular flexibility index (Phi) is 2.73. The molecule has 3 nitrogen and oxygen atoms in total. The lowest BCUT2D eigenvalue weighted by Gasteiger charge is -2.22. The third-order valence-electron chi connectivity index (χ3n) is 4.36. The molecular formula is C17H14ClNO2. The van der Waals surface area contributed by atoms with Gasteiger partial charge in [0.2, 0.25) is 0 Å². The molecule has 0 radical (unpaired) electrons. The zero-order valence-corrected chi connectivity index (χ0v) is 12.1. The minimum absolute atomic E-state index is 0.00704.